The highest BCUT2D eigenvalue weighted by molar-refractivity contribution is 5.59. The molecule has 0 N–H and O–H groups in total. The van der Waals surface area contributed by atoms with Crippen molar-refractivity contribution < 1.29 is 0 Å². The summed E-state index contributed by atoms with van der Waals surface area (Å²) < 4.78 is 0. The van der Waals surface area contributed by atoms with Gasteiger partial charge in [0.2, 0.25) is 0 Å². The van der Waals surface area contributed by atoms with Crippen LogP contribution in [-0.4, -0.2) is 0 Å². The summed E-state index contributed by atoms with van der Waals surface area (Å²) in [5.41, 5.74) is 3.26. The molecule has 0 aliphatic heterocycles. The molecule has 0 aromatic rings. The molecule has 0 aromatic heterocycles. The summed E-state index contributed by atoms with van der Waals surface area (Å²) in [6.45, 7) is 0. The Hall–Kier alpha value is -2.06. The first-order valence-corrected chi connectivity index (χ1v) is 4.49. The molecule has 0 spiro atoms. The zero-order chi connectivity index (χ0) is 9.97. The molecule has 14 heavy (non-hydrogen) atoms. The van der Waals surface area contributed by atoms with E-state index in [1.165, 1.54) is 5.57 Å². The molecule has 2 rings (SSSR count). The van der Waals surface area contributed by atoms with Crippen LogP contribution in [0.3, 0.4) is 0 Å². The Morgan fingerprint density at radius 3 is 2.57 bits per heavy atom. The number of allylic oxidation sites excluding steroid dienone is 8. The molecule has 2 nitrogen and oxygen atoms in total. The third kappa shape index (κ3) is 1.28. The minimum absolute atomic E-state index is 0.454. The monoisotopic (exact) mass is 180 g/mol. The van der Waals surface area contributed by atoms with E-state index >= 15 is 0 Å². The van der Waals surface area contributed by atoms with Crippen molar-refractivity contribution in [2.75, 3.05) is 0 Å². The first kappa shape index (κ1) is 8.53. The number of nitrogens with zero attached hydrogens (tertiary/aromatic N) is 2. The second-order valence-electron chi connectivity index (χ2n) is 3.25. The normalized spacial score (nSPS) is 19.0. The van der Waals surface area contributed by atoms with Gasteiger partial charge < -0.3 is 0 Å². The van der Waals surface area contributed by atoms with Crippen molar-refractivity contribution in [3.05, 3.63) is 46.6 Å². The molecule has 2 aliphatic carbocycles. The zero-order valence-corrected chi connectivity index (χ0v) is 7.62. The minimum Gasteiger partial charge on any atom is -0.192 e. The van der Waals surface area contributed by atoms with Gasteiger partial charge in [0.1, 0.15) is 12.1 Å². The van der Waals surface area contributed by atoms with Crippen molar-refractivity contribution in [1.82, 2.24) is 0 Å². The molecule has 0 heterocycles. The molecular formula is C12H8N2. The van der Waals surface area contributed by atoms with Crippen LogP contribution in [0.1, 0.15) is 12.8 Å². The molecule has 0 fully saturated rings. The topological polar surface area (TPSA) is 47.6 Å². The van der Waals surface area contributed by atoms with Gasteiger partial charge in [-0.1, -0.05) is 12.2 Å². The van der Waals surface area contributed by atoms with Gasteiger partial charge in [0, 0.05) is 0 Å². The Balaban J connectivity index is 2.56. The quantitative estimate of drug-likeness (QED) is 0.575. The summed E-state index contributed by atoms with van der Waals surface area (Å²) in [7, 11) is 0. The van der Waals surface area contributed by atoms with Gasteiger partial charge in [-0.3, -0.25) is 0 Å². The Bertz CT molecular complexity index is 473. The van der Waals surface area contributed by atoms with Crippen LogP contribution in [0.15, 0.2) is 46.6 Å². The predicted molar refractivity (Wildman–Crippen MR) is 52.8 cm³/mol. The van der Waals surface area contributed by atoms with Gasteiger partial charge >= 0.3 is 0 Å². The number of hydrogen-bond donors (Lipinski definition) is 0. The lowest BCUT2D eigenvalue weighted by Gasteiger charge is -1.96. The molecule has 0 radical (unpaired) electrons. The number of hydrogen-bond acceptors (Lipinski definition) is 2. The summed E-state index contributed by atoms with van der Waals surface area (Å²) in [5.74, 6) is 0. The van der Waals surface area contributed by atoms with E-state index in [1.54, 1.807) is 6.08 Å². The van der Waals surface area contributed by atoms with E-state index < -0.39 is 0 Å². The summed E-state index contributed by atoms with van der Waals surface area (Å²) in [6.07, 6.45) is 9.62. The molecule has 2 aliphatic rings. The highest BCUT2D eigenvalue weighted by Crippen LogP contribution is 2.30. The Morgan fingerprint density at radius 2 is 1.86 bits per heavy atom. The van der Waals surface area contributed by atoms with Crippen LogP contribution in [0.25, 0.3) is 0 Å². The fourth-order valence-electron chi connectivity index (χ4n) is 1.69. The Kier molecular flexibility index (Phi) is 2.05. The van der Waals surface area contributed by atoms with Crippen LogP contribution in [0, 0.1) is 22.7 Å². The number of rotatable bonds is 0. The zero-order valence-electron chi connectivity index (χ0n) is 7.62. The van der Waals surface area contributed by atoms with Gasteiger partial charge in [-0.25, -0.2) is 0 Å². The summed E-state index contributed by atoms with van der Waals surface area (Å²) in [5, 5.41) is 17.7. The number of fused-ring (bicyclic) bond motifs is 1. The van der Waals surface area contributed by atoms with Gasteiger partial charge in [0.25, 0.3) is 0 Å². The summed E-state index contributed by atoms with van der Waals surface area (Å²) in [4.78, 5) is 0. The maximum absolute atomic E-state index is 8.88. The first-order valence-electron chi connectivity index (χ1n) is 4.49. The number of nitriles is 2. The maximum Gasteiger partial charge on any atom is 0.101 e. The average Bonchev–Trinajstić information content (AvgIpc) is 2.58. The molecule has 66 valence electrons. The standard InChI is InChI=1S/C12H8N2/c13-7-11-5-4-9-2-1-3-10(9)6-12(11)8-14/h2,4-6H,1,3H2. The minimum atomic E-state index is 0.454. The fourth-order valence-corrected chi connectivity index (χ4v) is 1.69. The molecule has 0 bridgehead atoms. The van der Waals surface area contributed by atoms with Crippen LogP contribution >= 0.6 is 0 Å². The van der Waals surface area contributed by atoms with Crippen LogP contribution in [0.2, 0.25) is 0 Å². The molecule has 2 heteroatoms. The lowest BCUT2D eigenvalue weighted by Crippen LogP contribution is -1.81. The summed E-state index contributed by atoms with van der Waals surface area (Å²) >= 11 is 0. The van der Waals surface area contributed by atoms with E-state index in [9.17, 15) is 0 Å². The largest absolute Gasteiger partial charge is 0.192 e. The maximum atomic E-state index is 8.88. The van der Waals surface area contributed by atoms with Crippen molar-refractivity contribution in [1.29, 1.82) is 10.5 Å². The van der Waals surface area contributed by atoms with Gasteiger partial charge in [0.05, 0.1) is 11.1 Å². The van der Waals surface area contributed by atoms with Crippen LogP contribution in [0.4, 0.5) is 0 Å². The Morgan fingerprint density at radius 1 is 1.07 bits per heavy atom. The van der Waals surface area contributed by atoms with E-state index in [4.69, 9.17) is 10.5 Å². The lowest BCUT2D eigenvalue weighted by atomic mass is 10.1. The Labute approximate surface area is 82.8 Å². The summed E-state index contributed by atoms with van der Waals surface area (Å²) in [6, 6.07) is 4.09. The van der Waals surface area contributed by atoms with Crippen molar-refractivity contribution in [2.24, 2.45) is 0 Å². The van der Waals surface area contributed by atoms with Crippen molar-refractivity contribution >= 4 is 0 Å². The van der Waals surface area contributed by atoms with Crippen LogP contribution < -0.4 is 0 Å². The van der Waals surface area contributed by atoms with E-state index in [-0.39, 0.29) is 0 Å². The smallest absolute Gasteiger partial charge is 0.101 e. The molecule has 0 saturated carbocycles. The highest BCUT2D eigenvalue weighted by Gasteiger charge is 2.13. The molecular weight excluding hydrogens is 172 g/mol. The average molecular weight is 180 g/mol. The molecule has 0 amide bonds. The van der Waals surface area contributed by atoms with E-state index in [1.807, 2.05) is 18.2 Å². The van der Waals surface area contributed by atoms with Crippen molar-refractivity contribution in [3.8, 4) is 12.1 Å². The third-order valence-electron chi connectivity index (χ3n) is 2.43. The second kappa shape index (κ2) is 3.36. The van der Waals surface area contributed by atoms with Crippen molar-refractivity contribution in [2.45, 2.75) is 12.8 Å². The van der Waals surface area contributed by atoms with Crippen LogP contribution in [-0.2, 0) is 0 Å². The SMILES string of the molecule is N#CC1=C(C#N)C=C2CCC=C2C=C1. The highest BCUT2D eigenvalue weighted by atomic mass is 14.3. The molecule has 0 atom stereocenters. The predicted octanol–water partition coefficient (Wildman–Crippen LogP) is 2.55. The lowest BCUT2D eigenvalue weighted by molar-refractivity contribution is 1.06. The van der Waals surface area contributed by atoms with Gasteiger partial charge in [-0.15, -0.1) is 0 Å². The van der Waals surface area contributed by atoms with Gasteiger partial charge in [-0.2, -0.15) is 10.5 Å². The molecule has 0 saturated heterocycles. The van der Waals surface area contributed by atoms with Crippen molar-refractivity contribution in [3.63, 3.8) is 0 Å². The third-order valence-corrected chi connectivity index (χ3v) is 2.43. The second-order valence-corrected chi connectivity index (χ2v) is 3.25. The van der Waals surface area contributed by atoms with E-state index in [0.29, 0.717) is 11.1 Å². The van der Waals surface area contributed by atoms with E-state index in [2.05, 4.69) is 12.1 Å². The molecule has 0 aromatic carbocycles. The fraction of sp³-hybridized carbons (Fsp3) is 0.167. The first-order chi connectivity index (χ1) is 6.85. The van der Waals surface area contributed by atoms with Crippen LogP contribution in [0.5, 0.6) is 0 Å². The van der Waals surface area contributed by atoms with Gasteiger partial charge in [0.15, 0.2) is 0 Å². The van der Waals surface area contributed by atoms with Gasteiger partial charge in [-0.05, 0) is 36.1 Å². The van der Waals surface area contributed by atoms with E-state index in [0.717, 1.165) is 18.4 Å². The molecule has 0 unspecified atom stereocenters.